The molecular weight excluding hydrogens is 499 g/mol. The molecule has 1 saturated heterocycles. The molecule has 1 atom stereocenters. The van der Waals surface area contributed by atoms with Crippen LogP contribution >= 0.6 is 11.6 Å². The number of hydrogen-bond donors (Lipinski definition) is 4. The van der Waals surface area contributed by atoms with E-state index in [0.717, 1.165) is 17.2 Å². The lowest BCUT2D eigenvalue weighted by Crippen LogP contribution is -2.55. The minimum absolute atomic E-state index is 0.0882. The van der Waals surface area contributed by atoms with Crippen LogP contribution in [0.3, 0.4) is 0 Å². The van der Waals surface area contributed by atoms with Crippen LogP contribution in [-0.4, -0.2) is 47.0 Å². The molecule has 3 aromatic carbocycles. The van der Waals surface area contributed by atoms with E-state index >= 15 is 0 Å². The van der Waals surface area contributed by atoms with Crippen LogP contribution in [0, 0.1) is 5.82 Å². The lowest BCUT2D eigenvalue weighted by molar-refractivity contribution is -0.127. The number of nitrogens with one attached hydrogen (secondary N) is 3. The van der Waals surface area contributed by atoms with Gasteiger partial charge in [0.2, 0.25) is 0 Å². The van der Waals surface area contributed by atoms with Crippen LogP contribution < -0.4 is 21.7 Å². The van der Waals surface area contributed by atoms with Crippen molar-refractivity contribution in [3.8, 4) is 0 Å². The molecule has 0 saturated carbocycles. The zero-order valence-corrected chi connectivity index (χ0v) is 20.5. The number of anilines is 2. The van der Waals surface area contributed by atoms with E-state index in [0.29, 0.717) is 17.3 Å². The maximum Gasteiger partial charge on any atom is 0.323 e. The van der Waals surface area contributed by atoms with Crippen LogP contribution in [0.4, 0.5) is 25.4 Å². The van der Waals surface area contributed by atoms with Gasteiger partial charge < -0.3 is 21.7 Å². The van der Waals surface area contributed by atoms with Crippen molar-refractivity contribution in [2.75, 3.05) is 23.7 Å². The average Bonchev–Trinajstić information content (AvgIpc) is 3.33. The molecule has 0 aromatic heterocycles. The molecule has 9 nitrogen and oxygen atoms in total. The molecule has 1 fully saturated rings. The number of carbonyl (C=O) groups excluding carboxylic acids is 3. The number of rotatable bonds is 6. The highest BCUT2D eigenvalue weighted by molar-refractivity contribution is 6.30. The molecular formula is C26H26ClFN6O3. The van der Waals surface area contributed by atoms with Crippen molar-refractivity contribution < 1.29 is 18.8 Å². The number of nitrogens with zero attached hydrogens (tertiary/aromatic N) is 2. The highest BCUT2D eigenvalue weighted by atomic mass is 35.5. The van der Waals surface area contributed by atoms with E-state index in [4.69, 9.17) is 17.3 Å². The second-order valence-corrected chi connectivity index (χ2v) is 8.82. The summed E-state index contributed by atoms with van der Waals surface area (Å²) in [6.45, 7) is 0.719. The Morgan fingerprint density at radius 2 is 1.46 bits per heavy atom. The van der Waals surface area contributed by atoms with Gasteiger partial charge in [-0.2, -0.15) is 0 Å². The maximum absolute atomic E-state index is 13.6. The minimum atomic E-state index is -1.24. The van der Waals surface area contributed by atoms with Crippen LogP contribution in [0.5, 0.6) is 0 Å². The summed E-state index contributed by atoms with van der Waals surface area (Å²) in [6.07, 6.45) is -1.24. The molecule has 0 bridgehead atoms. The summed E-state index contributed by atoms with van der Waals surface area (Å²) in [5, 5.41) is 8.55. The van der Waals surface area contributed by atoms with Crippen molar-refractivity contribution >= 4 is 40.9 Å². The van der Waals surface area contributed by atoms with E-state index in [-0.39, 0.29) is 25.3 Å². The molecule has 1 aliphatic heterocycles. The summed E-state index contributed by atoms with van der Waals surface area (Å²) < 4.78 is 13.6. The fourth-order valence-corrected chi connectivity index (χ4v) is 4.20. The van der Waals surface area contributed by atoms with Crippen LogP contribution in [0.15, 0.2) is 72.8 Å². The summed E-state index contributed by atoms with van der Waals surface area (Å²) in [7, 11) is 0. The SMILES string of the molecule is NCc1cccc(CNC(=O)C2N(C(=O)Nc3cccc(F)c3)CCN2C(=O)Nc2cccc(Cl)c2)c1. The van der Waals surface area contributed by atoms with Gasteiger partial charge in [0.05, 0.1) is 0 Å². The van der Waals surface area contributed by atoms with Crippen molar-refractivity contribution in [3.63, 3.8) is 0 Å². The van der Waals surface area contributed by atoms with Gasteiger partial charge in [-0.25, -0.2) is 14.0 Å². The number of benzene rings is 3. The van der Waals surface area contributed by atoms with Crippen molar-refractivity contribution in [2.45, 2.75) is 19.3 Å². The van der Waals surface area contributed by atoms with Crippen LogP contribution in [0.2, 0.25) is 5.02 Å². The molecule has 5 amide bonds. The van der Waals surface area contributed by atoms with E-state index in [2.05, 4.69) is 16.0 Å². The lowest BCUT2D eigenvalue weighted by atomic mass is 10.1. The molecule has 4 rings (SSSR count). The molecule has 37 heavy (non-hydrogen) atoms. The molecule has 192 valence electrons. The molecule has 0 aliphatic carbocycles. The summed E-state index contributed by atoms with van der Waals surface area (Å²) in [4.78, 5) is 42.1. The first-order valence-corrected chi connectivity index (χ1v) is 11.9. The molecule has 3 aromatic rings. The third kappa shape index (κ3) is 6.54. The van der Waals surface area contributed by atoms with Gasteiger partial charge in [-0.05, 0) is 47.5 Å². The quantitative estimate of drug-likeness (QED) is 0.390. The molecule has 5 N–H and O–H groups in total. The van der Waals surface area contributed by atoms with Crippen LogP contribution in [0.1, 0.15) is 11.1 Å². The molecule has 0 radical (unpaired) electrons. The van der Waals surface area contributed by atoms with Gasteiger partial charge in [0.1, 0.15) is 5.82 Å². The zero-order valence-electron chi connectivity index (χ0n) is 19.8. The van der Waals surface area contributed by atoms with E-state index in [1.54, 1.807) is 24.3 Å². The van der Waals surface area contributed by atoms with Crippen molar-refractivity contribution in [2.24, 2.45) is 5.73 Å². The van der Waals surface area contributed by atoms with Gasteiger partial charge in [-0.3, -0.25) is 14.6 Å². The topological polar surface area (TPSA) is 120 Å². The van der Waals surface area contributed by atoms with Gasteiger partial charge in [0, 0.05) is 42.6 Å². The van der Waals surface area contributed by atoms with Gasteiger partial charge >= 0.3 is 12.1 Å². The first-order valence-electron chi connectivity index (χ1n) is 11.6. The number of carbonyl (C=O) groups is 3. The van der Waals surface area contributed by atoms with Crippen LogP contribution in [-0.2, 0) is 17.9 Å². The Bertz CT molecular complexity index is 1240. The molecule has 1 heterocycles. The van der Waals surface area contributed by atoms with Crippen molar-refractivity contribution in [1.82, 2.24) is 15.1 Å². The summed E-state index contributed by atoms with van der Waals surface area (Å²) in [6, 6.07) is 18.2. The largest absolute Gasteiger partial charge is 0.349 e. The zero-order chi connectivity index (χ0) is 26.4. The Hall–Kier alpha value is -4.15. The third-order valence-corrected chi connectivity index (χ3v) is 6.01. The monoisotopic (exact) mass is 524 g/mol. The maximum atomic E-state index is 13.6. The molecule has 1 aliphatic rings. The fraction of sp³-hybridized carbons (Fsp3) is 0.192. The first-order chi connectivity index (χ1) is 17.8. The number of hydrogen-bond acceptors (Lipinski definition) is 4. The molecule has 11 heteroatoms. The predicted molar refractivity (Wildman–Crippen MR) is 139 cm³/mol. The van der Waals surface area contributed by atoms with Gasteiger partial charge in [-0.15, -0.1) is 0 Å². The Kier molecular flexibility index (Phi) is 8.22. The van der Waals surface area contributed by atoms with Gasteiger partial charge in [-0.1, -0.05) is 48.0 Å². The van der Waals surface area contributed by atoms with E-state index in [1.165, 1.54) is 28.0 Å². The summed E-state index contributed by atoms with van der Waals surface area (Å²) in [5.74, 6) is -1.07. The Balaban J connectivity index is 1.53. The van der Waals surface area contributed by atoms with E-state index < -0.39 is 30.0 Å². The smallest absolute Gasteiger partial charge is 0.323 e. The predicted octanol–water partition coefficient (Wildman–Crippen LogP) is 3.96. The minimum Gasteiger partial charge on any atom is -0.349 e. The Morgan fingerprint density at radius 1 is 0.865 bits per heavy atom. The Morgan fingerprint density at radius 3 is 2.08 bits per heavy atom. The molecule has 0 spiro atoms. The second kappa shape index (κ2) is 11.7. The van der Waals surface area contributed by atoms with Gasteiger partial charge in [0.25, 0.3) is 5.91 Å². The number of nitrogens with two attached hydrogens (primary N) is 1. The number of amides is 5. The lowest BCUT2D eigenvalue weighted by Gasteiger charge is -2.29. The second-order valence-electron chi connectivity index (χ2n) is 8.38. The number of halogens is 2. The highest BCUT2D eigenvalue weighted by Gasteiger charge is 2.43. The Labute approximate surface area is 218 Å². The van der Waals surface area contributed by atoms with E-state index in [9.17, 15) is 18.8 Å². The van der Waals surface area contributed by atoms with Gasteiger partial charge in [0.15, 0.2) is 6.17 Å². The van der Waals surface area contributed by atoms with Crippen molar-refractivity contribution in [3.05, 3.63) is 94.8 Å². The third-order valence-electron chi connectivity index (χ3n) is 5.77. The normalized spacial score (nSPS) is 14.8. The fourth-order valence-electron chi connectivity index (χ4n) is 4.01. The molecule has 1 unspecified atom stereocenters. The first kappa shape index (κ1) is 25.9. The average molecular weight is 525 g/mol. The van der Waals surface area contributed by atoms with Crippen molar-refractivity contribution in [1.29, 1.82) is 0 Å². The summed E-state index contributed by atoms with van der Waals surface area (Å²) in [5.41, 5.74) is 8.10. The number of urea groups is 2. The highest BCUT2D eigenvalue weighted by Crippen LogP contribution is 2.21. The standard InChI is InChI=1S/C26H26ClFN6O3/c27-19-6-2-8-21(13-19)31-25(36)33-10-11-34(26(37)32-22-9-3-7-20(28)14-22)24(33)23(35)30-16-18-5-1-4-17(12-18)15-29/h1-9,12-14,24H,10-11,15-16,29H2,(H,30,35)(H,31,36)(H,32,37). The summed E-state index contributed by atoms with van der Waals surface area (Å²) >= 11 is 6.02. The van der Waals surface area contributed by atoms with Crippen LogP contribution in [0.25, 0.3) is 0 Å². The van der Waals surface area contributed by atoms with E-state index in [1.807, 2.05) is 24.3 Å².